The summed E-state index contributed by atoms with van der Waals surface area (Å²) in [5, 5.41) is 4.41. The molecule has 0 fully saturated rings. The normalized spacial score (nSPS) is 12.9. The third kappa shape index (κ3) is 3.29. The van der Waals surface area contributed by atoms with E-state index in [9.17, 15) is 0 Å². The second-order valence-electron chi connectivity index (χ2n) is 5.33. The van der Waals surface area contributed by atoms with Crippen molar-refractivity contribution in [1.29, 1.82) is 0 Å². The van der Waals surface area contributed by atoms with Crippen LogP contribution in [-0.4, -0.2) is 9.78 Å². The molecule has 0 aliphatic heterocycles. The third-order valence-corrected chi connectivity index (χ3v) is 3.98. The van der Waals surface area contributed by atoms with Crippen LogP contribution in [0, 0.1) is 6.92 Å². The van der Waals surface area contributed by atoms with Crippen LogP contribution >= 0.6 is 15.9 Å². The summed E-state index contributed by atoms with van der Waals surface area (Å²) >= 11 is 3.57. The highest BCUT2D eigenvalue weighted by atomic mass is 79.9. The van der Waals surface area contributed by atoms with E-state index in [1.165, 1.54) is 11.1 Å². The molecule has 3 N–H and O–H groups in total. The molecule has 0 bridgehead atoms. The Morgan fingerprint density at radius 3 is 2.50 bits per heavy atom. The molecule has 0 aliphatic carbocycles. The standard InChI is InChI=1S/C15H21BrN4/c1-10(2)20-15(13(16)9-18-20)14(19-17)8-12-6-4-11(3)5-7-12/h4-7,9-10,14,19H,8,17H2,1-3H3. The molecule has 108 valence electrons. The summed E-state index contributed by atoms with van der Waals surface area (Å²) < 4.78 is 2.99. The number of nitrogens with zero attached hydrogens (tertiary/aromatic N) is 2. The Balaban J connectivity index is 2.28. The molecule has 0 amide bonds. The molecular weight excluding hydrogens is 316 g/mol. The van der Waals surface area contributed by atoms with Crippen LogP contribution in [0.15, 0.2) is 34.9 Å². The Labute approximate surface area is 128 Å². The summed E-state index contributed by atoms with van der Waals surface area (Å²) in [5.41, 5.74) is 6.51. The maximum Gasteiger partial charge on any atom is 0.0715 e. The van der Waals surface area contributed by atoms with Crippen molar-refractivity contribution in [3.63, 3.8) is 0 Å². The van der Waals surface area contributed by atoms with Gasteiger partial charge in [0.05, 0.1) is 22.4 Å². The van der Waals surface area contributed by atoms with E-state index < -0.39 is 0 Å². The van der Waals surface area contributed by atoms with Crippen LogP contribution in [0.2, 0.25) is 0 Å². The second-order valence-corrected chi connectivity index (χ2v) is 6.18. The van der Waals surface area contributed by atoms with Crippen molar-refractivity contribution in [2.24, 2.45) is 5.84 Å². The number of hydrogen-bond donors (Lipinski definition) is 2. The van der Waals surface area contributed by atoms with Crippen molar-refractivity contribution in [2.45, 2.75) is 39.3 Å². The Bertz CT molecular complexity index is 560. The SMILES string of the molecule is Cc1ccc(CC(NN)c2c(Br)cnn2C(C)C)cc1. The minimum Gasteiger partial charge on any atom is -0.271 e. The van der Waals surface area contributed by atoms with E-state index in [0.717, 1.165) is 16.6 Å². The zero-order valence-electron chi connectivity index (χ0n) is 12.1. The van der Waals surface area contributed by atoms with Crippen molar-refractivity contribution in [1.82, 2.24) is 15.2 Å². The number of benzene rings is 1. The average Bonchev–Trinajstić information content (AvgIpc) is 2.80. The number of hydrazine groups is 1. The van der Waals surface area contributed by atoms with Crippen molar-refractivity contribution < 1.29 is 0 Å². The zero-order chi connectivity index (χ0) is 14.7. The molecule has 0 spiro atoms. The molecule has 1 unspecified atom stereocenters. The van der Waals surface area contributed by atoms with E-state index in [0.29, 0.717) is 6.04 Å². The molecule has 1 aromatic heterocycles. The van der Waals surface area contributed by atoms with Crippen LogP contribution < -0.4 is 11.3 Å². The van der Waals surface area contributed by atoms with Gasteiger partial charge in [0.25, 0.3) is 0 Å². The molecule has 1 heterocycles. The van der Waals surface area contributed by atoms with E-state index in [1.807, 2.05) is 10.9 Å². The Morgan fingerprint density at radius 1 is 1.30 bits per heavy atom. The van der Waals surface area contributed by atoms with Crippen LogP contribution in [0.3, 0.4) is 0 Å². The van der Waals surface area contributed by atoms with Crippen LogP contribution in [-0.2, 0) is 6.42 Å². The molecular formula is C15H21BrN4. The van der Waals surface area contributed by atoms with Crippen molar-refractivity contribution >= 4 is 15.9 Å². The maximum absolute atomic E-state index is 5.77. The predicted molar refractivity (Wildman–Crippen MR) is 85.3 cm³/mol. The first kappa shape index (κ1) is 15.2. The van der Waals surface area contributed by atoms with Gasteiger partial charge < -0.3 is 0 Å². The fraction of sp³-hybridized carbons (Fsp3) is 0.400. The largest absolute Gasteiger partial charge is 0.271 e. The number of halogens is 1. The summed E-state index contributed by atoms with van der Waals surface area (Å²) in [4.78, 5) is 0. The highest BCUT2D eigenvalue weighted by Crippen LogP contribution is 2.27. The summed E-state index contributed by atoms with van der Waals surface area (Å²) in [5.74, 6) is 5.77. The monoisotopic (exact) mass is 336 g/mol. The smallest absolute Gasteiger partial charge is 0.0715 e. The number of aromatic nitrogens is 2. The van der Waals surface area contributed by atoms with Gasteiger partial charge in [0.15, 0.2) is 0 Å². The van der Waals surface area contributed by atoms with Gasteiger partial charge in [-0.1, -0.05) is 29.8 Å². The number of nitrogens with two attached hydrogens (primary N) is 1. The van der Waals surface area contributed by atoms with E-state index in [-0.39, 0.29) is 6.04 Å². The van der Waals surface area contributed by atoms with Gasteiger partial charge in [0.1, 0.15) is 0 Å². The Kier molecular flexibility index (Phi) is 4.96. The lowest BCUT2D eigenvalue weighted by atomic mass is 10.0. The maximum atomic E-state index is 5.77. The van der Waals surface area contributed by atoms with E-state index in [4.69, 9.17) is 5.84 Å². The van der Waals surface area contributed by atoms with Crippen molar-refractivity contribution in [2.75, 3.05) is 0 Å². The zero-order valence-corrected chi connectivity index (χ0v) is 13.7. The van der Waals surface area contributed by atoms with Gasteiger partial charge in [-0.05, 0) is 48.7 Å². The van der Waals surface area contributed by atoms with Gasteiger partial charge in [-0.2, -0.15) is 5.10 Å². The van der Waals surface area contributed by atoms with E-state index in [2.05, 4.69) is 71.5 Å². The molecule has 5 heteroatoms. The van der Waals surface area contributed by atoms with Crippen LogP contribution in [0.4, 0.5) is 0 Å². The van der Waals surface area contributed by atoms with Gasteiger partial charge in [0, 0.05) is 6.04 Å². The molecule has 4 nitrogen and oxygen atoms in total. The van der Waals surface area contributed by atoms with Gasteiger partial charge in [0.2, 0.25) is 0 Å². The Hall–Kier alpha value is -1.17. The van der Waals surface area contributed by atoms with Crippen LogP contribution in [0.1, 0.15) is 42.8 Å². The number of hydrogen-bond acceptors (Lipinski definition) is 3. The van der Waals surface area contributed by atoms with E-state index >= 15 is 0 Å². The molecule has 0 radical (unpaired) electrons. The van der Waals surface area contributed by atoms with Gasteiger partial charge >= 0.3 is 0 Å². The summed E-state index contributed by atoms with van der Waals surface area (Å²) in [6.45, 7) is 6.32. The quantitative estimate of drug-likeness (QED) is 0.650. The lowest BCUT2D eigenvalue weighted by Gasteiger charge is -2.20. The van der Waals surface area contributed by atoms with Gasteiger partial charge in [-0.25, -0.2) is 0 Å². The molecule has 0 saturated heterocycles. The van der Waals surface area contributed by atoms with E-state index in [1.54, 1.807) is 0 Å². The molecule has 0 aliphatic rings. The molecule has 20 heavy (non-hydrogen) atoms. The van der Waals surface area contributed by atoms with Gasteiger partial charge in [-0.15, -0.1) is 0 Å². The van der Waals surface area contributed by atoms with Crippen molar-refractivity contribution in [3.05, 3.63) is 51.8 Å². The highest BCUT2D eigenvalue weighted by Gasteiger charge is 2.20. The fourth-order valence-corrected chi connectivity index (χ4v) is 2.83. The molecule has 2 aromatic rings. The minimum atomic E-state index is 0.0250. The average molecular weight is 337 g/mol. The summed E-state index contributed by atoms with van der Waals surface area (Å²) in [6, 6.07) is 8.85. The topological polar surface area (TPSA) is 55.9 Å². The number of nitrogens with one attached hydrogen (secondary N) is 1. The summed E-state index contributed by atoms with van der Waals surface area (Å²) in [6.07, 6.45) is 2.66. The molecule has 1 atom stereocenters. The van der Waals surface area contributed by atoms with Crippen LogP contribution in [0.5, 0.6) is 0 Å². The minimum absolute atomic E-state index is 0.0250. The first-order valence-electron chi connectivity index (χ1n) is 6.77. The number of rotatable bonds is 5. The molecule has 2 rings (SSSR count). The van der Waals surface area contributed by atoms with Gasteiger partial charge in [-0.3, -0.25) is 16.0 Å². The summed E-state index contributed by atoms with van der Waals surface area (Å²) in [7, 11) is 0. The number of aryl methyl sites for hydroxylation is 1. The Morgan fingerprint density at radius 2 is 1.95 bits per heavy atom. The molecule has 1 aromatic carbocycles. The predicted octanol–water partition coefficient (Wildman–Crippen LogP) is 3.28. The third-order valence-electron chi connectivity index (χ3n) is 3.37. The highest BCUT2D eigenvalue weighted by molar-refractivity contribution is 9.10. The lowest BCUT2D eigenvalue weighted by Crippen LogP contribution is -2.32. The fourth-order valence-electron chi connectivity index (χ4n) is 2.28. The lowest BCUT2D eigenvalue weighted by molar-refractivity contribution is 0.446. The second kappa shape index (κ2) is 6.52. The first-order chi connectivity index (χ1) is 9.52. The van der Waals surface area contributed by atoms with Crippen LogP contribution in [0.25, 0.3) is 0 Å². The van der Waals surface area contributed by atoms with Crippen molar-refractivity contribution in [3.8, 4) is 0 Å². The molecule has 0 saturated carbocycles. The first-order valence-corrected chi connectivity index (χ1v) is 7.56.